The molecule has 2 atom stereocenters. The summed E-state index contributed by atoms with van der Waals surface area (Å²) >= 11 is 1.77. The van der Waals surface area contributed by atoms with Crippen molar-refractivity contribution < 1.29 is 9.59 Å². The fraction of sp³-hybridized carbons (Fsp3) is 0.880. The second-order valence-electron chi connectivity index (χ2n) is 9.31. The molecule has 3 amide bonds. The van der Waals surface area contributed by atoms with Gasteiger partial charge in [0.1, 0.15) is 0 Å². The molecule has 2 unspecified atom stereocenters. The van der Waals surface area contributed by atoms with Gasteiger partial charge in [-0.2, -0.15) is 0 Å². The molecule has 6 nitrogen and oxygen atoms in total. The third kappa shape index (κ3) is 8.60. The first kappa shape index (κ1) is 27.0. The number of thioether (sulfide) groups is 1. The van der Waals surface area contributed by atoms with Crippen LogP contribution in [0.4, 0.5) is 4.79 Å². The number of urea groups is 1. The Morgan fingerprint density at radius 1 is 0.812 bits per heavy atom. The van der Waals surface area contributed by atoms with Crippen molar-refractivity contribution in [3.8, 4) is 0 Å². The predicted molar refractivity (Wildman–Crippen MR) is 136 cm³/mol. The van der Waals surface area contributed by atoms with Crippen LogP contribution in [0.5, 0.6) is 0 Å². The Balaban J connectivity index is 1.79. The Bertz CT molecular complexity index is 598. The molecule has 0 radical (unpaired) electrons. The Morgan fingerprint density at radius 2 is 1.34 bits per heavy atom. The molecule has 2 aliphatic rings. The number of amidine groups is 1. The molecule has 2 heterocycles. The normalized spacial score (nSPS) is 20.5. The summed E-state index contributed by atoms with van der Waals surface area (Å²) in [6.07, 6.45) is 18.8. The summed E-state index contributed by atoms with van der Waals surface area (Å²) in [7, 11) is 1.74. The van der Waals surface area contributed by atoms with Gasteiger partial charge in [0, 0.05) is 19.3 Å². The van der Waals surface area contributed by atoms with Crippen LogP contribution in [-0.2, 0) is 4.79 Å². The first-order valence-corrected chi connectivity index (χ1v) is 14.1. The lowest BCUT2D eigenvalue weighted by Gasteiger charge is -2.36. The molecule has 2 rings (SSSR count). The van der Waals surface area contributed by atoms with E-state index in [2.05, 4.69) is 24.1 Å². The van der Waals surface area contributed by atoms with Gasteiger partial charge in [-0.15, -0.1) is 0 Å². The quantitative estimate of drug-likeness (QED) is 0.261. The fourth-order valence-corrected chi connectivity index (χ4v) is 5.58. The van der Waals surface area contributed by atoms with E-state index >= 15 is 0 Å². The van der Waals surface area contributed by atoms with Gasteiger partial charge in [0.15, 0.2) is 17.4 Å². The van der Waals surface area contributed by atoms with Crippen molar-refractivity contribution >= 4 is 28.9 Å². The number of hydrogen-bond donors (Lipinski definition) is 1. The lowest BCUT2D eigenvalue weighted by atomic mass is 10.1. The molecule has 7 heteroatoms. The molecule has 0 spiro atoms. The summed E-state index contributed by atoms with van der Waals surface area (Å²) < 4.78 is 0. The van der Waals surface area contributed by atoms with Crippen LogP contribution in [0.25, 0.3) is 0 Å². The lowest BCUT2D eigenvalue weighted by molar-refractivity contribution is -0.127. The van der Waals surface area contributed by atoms with E-state index in [1.54, 1.807) is 23.7 Å². The minimum Gasteiger partial charge on any atom is -0.336 e. The van der Waals surface area contributed by atoms with Gasteiger partial charge in [-0.3, -0.25) is 10.1 Å². The summed E-state index contributed by atoms with van der Waals surface area (Å²) in [4.78, 5) is 33.3. The van der Waals surface area contributed by atoms with E-state index < -0.39 is 0 Å². The van der Waals surface area contributed by atoms with Crippen molar-refractivity contribution in [2.24, 2.45) is 4.99 Å². The molecule has 1 N–H and O–H groups in total. The summed E-state index contributed by atoms with van der Waals surface area (Å²) in [5.74, 6) is 0.826. The second-order valence-corrected chi connectivity index (χ2v) is 10.4. The average Bonchev–Trinajstić information content (AvgIpc) is 3.15. The van der Waals surface area contributed by atoms with Crippen molar-refractivity contribution in [2.45, 2.75) is 122 Å². The summed E-state index contributed by atoms with van der Waals surface area (Å²) in [5.41, 5.74) is 0. The largest absolute Gasteiger partial charge is 0.336 e. The minimum atomic E-state index is -0.387. The number of nitrogens with zero attached hydrogens (tertiary/aromatic N) is 3. The van der Waals surface area contributed by atoms with Crippen LogP contribution in [0.1, 0.15) is 110 Å². The molecule has 0 saturated carbocycles. The fourth-order valence-electron chi connectivity index (χ4n) is 4.49. The standard InChI is InChI=1S/C25H46N4O2S/c1-4-6-8-10-12-14-16-18-20-32-25-26-22-21(23(30)27-24(31)28(22)3)29(25)19-17-15-13-11-9-7-5-2/h21-22H,4-20H2,1-3H3,(H,27,30,31). The first-order valence-electron chi connectivity index (χ1n) is 13.1. The van der Waals surface area contributed by atoms with Crippen molar-refractivity contribution in [3.63, 3.8) is 0 Å². The molecule has 1 fully saturated rings. The van der Waals surface area contributed by atoms with Gasteiger partial charge >= 0.3 is 6.03 Å². The van der Waals surface area contributed by atoms with E-state index in [1.165, 1.54) is 89.9 Å². The van der Waals surface area contributed by atoms with Crippen molar-refractivity contribution in [2.75, 3.05) is 19.3 Å². The molecule has 0 aliphatic carbocycles. The maximum Gasteiger partial charge on any atom is 0.325 e. The predicted octanol–water partition coefficient (Wildman–Crippen LogP) is 6.16. The number of nitrogens with one attached hydrogen (secondary N) is 1. The molecule has 0 bridgehead atoms. The molecule has 184 valence electrons. The van der Waals surface area contributed by atoms with Gasteiger partial charge in [0.2, 0.25) is 0 Å². The van der Waals surface area contributed by atoms with Crippen molar-refractivity contribution in [1.29, 1.82) is 0 Å². The molecule has 0 aromatic carbocycles. The Hall–Kier alpha value is -1.24. The number of fused-ring (bicyclic) bond motifs is 1. The zero-order chi connectivity index (χ0) is 23.2. The van der Waals surface area contributed by atoms with Crippen molar-refractivity contribution in [3.05, 3.63) is 0 Å². The molecule has 1 saturated heterocycles. The molecule has 0 aromatic heterocycles. The van der Waals surface area contributed by atoms with E-state index in [1.807, 2.05) is 0 Å². The zero-order valence-corrected chi connectivity index (χ0v) is 21.6. The third-order valence-electron chi connectivity index (χ3n) is 6.55. The summed E-state index contributed by atoms with van der Waals surface area (Å²) in [6.45, 7) is 5.34. The van der Waals surface area contributed by atoms with Gasteiger partial charge in [0.05, 0.1) is 0 Å². The van der Waals surface area contributed by atoms with Crippen LogP contribution >= 0.6 is 11.8 Å². The smallest absolute Gasteiger partial charge is 0.325 e. The Kier molecular flexibility index (Phi) is 13.1. The van der Waals surface area contributed by atoms with Crippen LogP contribution in [0, 0.1) is 0 Å². The van der Waals surface area contributed by atoms with Gasteiger partial charge in [-0.1, -0.05) is 109 Å². The topological polar surface area (TPSA) is 65.0 Å². The number of aliphatic imine (C=N–C) groups is 1. The van der Waals surface area contributed by atoms with E-state index in [9.17, 15) is 9.59 Å². The SMILES string of the molecule is CCCCCCCCCCSC1=NC2C(C(=O)NC(=O)N2C)N1CCCCCCCCC. The highest BCUT2D eigenvalue weighted by Crippen LogP contribution is 2.29. The van der Waals surface area contributed by atoms with Crippen LogP contribution < -0.4 is 5.32 Å². The number of imide groups is 1. The molecule has 32 heavy (non-hydrogen) atoms. The van der Waals surface area contributed by atoms with Crippen LogP contribution in [-0.4, -0.2) is 58.5 Å². The maximum absolute atomic E-state index is 12.6. The van der Waals surface area contributed by atoms with Gasteiger partial charge < -0.3 is 9.80 Å². The van der Waals surface area contributed by atoms with Crippen molar-refractivity contribution in [1.82, 2.24) is 15.1 Å². The lowest BCUT2D eigenvalue weighted by Crippen LogP contribution is -2.63. The van der Waals surface area contributed by atoms with Crippen LogP contribution in [0.3, 0.4) is 0 Å². The third-order valence-corrected chi connectivity index (χ3v) is 7.65. The van der Waals surface area contributed by atoms with Gasteiger partial charge in [0.25, 0.3) is 5.91 Å². The number of rotatable bonds is 17. The van der Waals surface area contributed by atoms with Crippen LogP contribution in [0.2, 0.25) is 0 Å². The van der Waals surface area contributed by atoms with E-state index in [0.717, 1.165) is 23.9 Å². The zero-order valence-electron chi connectivity index (χ0n) is 20.7. The number of carbonyl (C=O) groups excluding carboxylic acids is 2. The van der Waals surface area contributed by atoms with E-state index in [0.29, 0.717) is 0 Å². The number of amides is 3. The highest BCUT2D eigenvalue weighted by Gasteiger charge is 2.48. The molecular weight excluding hydrogens is 420 g/mol. The Morgan fingerprint density at radius 3 is 1.94 bits per heavy atom. The van der Waals surface area contributed by atoms with Crippen LogP contribution in [0.15, 0.2) is 4.99 Å². The maximum atomic E-state index is 12.6. The second kappa shape index (κ2) is 15.6. The molecule has 2 aliphatic heterocycles. The Labute approximate surface area is 200 Å². The average molecular weight is 467 g/mol. The van der Waals surface area contributed by atoms with Gasteiger partial charge in [-0.25, -0.2) is 9.79 Å². The van der Waals surface area contributed by atoms with E-state index in [-0.39, 0.29) is 24.1 Å². The first-order chi connectivity index (χ1) is 15.6. The number of unbranched alkanes of at least 4 members (excludes halogenated alkanes) is 13. The van der Waals surface area contributed by atoms with E-state index in [4.69, 9.17) is 4.99 Å². The molecule has 0 aromatic rings. The molecular formula is C25H46N4O2S. The number of likely N-dealkylation sites (N-methyl/N-ethyl adjacent to an activating group) is 1. The minimum absolute atomic E-state index is 0.201. The summed E-state index contributed by atoms with van der Waals surface area (Å²) in [6, 6.07) is -0.718. The highest BCUT2D eigenvalue weighted by atomic mass is 32.2. The number of carbonyl (C=O) groups is 2. The van der Waals surface area contributed by atoms with Gasteiger partial charge in [-0.05, 0) is 12.8 Å². The highest BCUT2D eigenvalue weighted by molar-refractivity contribution is 8.13. The monoisotopic (exact) mass is 466 g/mol. The number of hydrogen-bond acceptors (Lipinski definition) is 5. The summed E-state index contributed by atoms with van der Waals surface area (Å²) in [5, 5.41) is 3.45.